The Morgan fingerprint density at radius 3 is 2.33 bits per heavy atom. The van der Waals surface area contributed by atoms with E-state index in [2.05, 4.69) is 4.72 Å². The molecule has 0 atom stereocenters. The highest BCUT2D eigenvalue weighted by Gasteiger charge is 2.21. The minimum Gasteiger partial charge on any atom is -0.493 e. The van der Waals surface area contributed by atoms with Crippen LogP contribution in [0.5, 0.6) is 11.5 Å². The van der Waals surface area contributed by atoms with E-state index in [9.17, 15) is 18.0 Å². The molecule has 0 saturated heterocycles. The van der Waals surface area contributed by atoms with Gasteiger partial charge in [0.2, 0.25) is 0 Å². The number of benzene rings is 2. The summed E-state index contributed by atoms with van der Waals surface area (Å²) in [6.07, 6.45) is 0. The van der Waals surface area contributed by atoms with Gasteiger partial charge >= 0.3 is 5.97 Å². The Balaban J connectivity index is 2.33. The number of amides is 1. The van der Waals surface area contributed by atoms with Crippen LogP contribution < -0.4 is 19.9 Å². The molecule has 0 aliphatic carbocycles. The maximum atomic E-state index is 12.7. The summed E-state index contributed by atoms with van der Waals surface area (Å²) in [5, 5.41) is 0. The largest absolute Gasteiger partial charge is 0.493 e. The van der Waals surface area contributed by atoms with Crippen molar-refractivity contribution in [3.05, 3.63) is 48.0 Å². The molecule has 0 aliphatic heterocycles. The van der Waals surface area contributed by atoms with E-state index in [0.717, 1.165) is 0 Å². The molecular formula is C17H18N2O7S. The van der Waals surface area contributed by atoms with E-state index in [1.807, 2.05) is 0 Å². The molecule has 2 rings (SSSR count). The molecular weight excluding hydrogens is 376 g/mol. The fraction of sp³-hybridized carbons (Fsp3) is 0.176. The number of para-hydroxylation sites is 1. The molecule has 0 saturated carbocycles. The van der Waals surface area contributed by atoms with E-state index < -0.39 is 28.5 Å². The number of nitrogens with one attached hydrogen (secondary N) is 1. The number of carbonyl (C=O) groups excluding carboxylic acids is 2. The molecule has 0 bridgehead atoms. The Kier molecular flexibility index (Phi) is 6.24. The number of nitrogens with two attached hydrogens (primary N) is 1. The number of hydrogen-bond acceptors (Lipinski definition) is 7. The zero-order valence-corrected chi connectivity index (χ0v) is 15.4. The predicted octanol–water partition coefficient (Wildman–Crippen LogP) is 1.15. The lowest BCUT2D eigenvalue weighted by Crippen LogP contribution is -2.22. The summed E-state index contributed by atoms with van der Waals surface area (Å²) in [5.41, 5.74) is 4.86. The van der Waals surface area contributed by atoms with Crippen molar-refractivity contribution in [2.45, 2.75) is 4.90 Å². The van der Waals surface area contributed by atoms with Crippen molar-refractivity contribution in [2.24, 2.45) is 5.73 Å². The Morgan fingerprint density at radius 1 is 1.04 bits per heavy atom. The maximum Gasteiger partial charge on any atom is 0.340 e. The first-order valence-electron chi connectivity index (χ1n) is 7.57. The standard InChI is InChI=1S/C17H18N2O7S/c1-24-14-8-7-11(9-15(14)25-2)27(22,23)19-13-6-4-3-5-12(13)17(21)26-10-16(18)20/h3-9,19H,10H2,1-2H3,(H2,18,20). The first-order valence-corrected chi connectivity index (χ1v) is 9.06. The van der Waals surface area contributed by atoms with Gasteiger partial charge in [-0.1, -0.05) is 12.1 Å². The van der Waals surface area contributed by atoms with Crippen LogP contribution in [0, 0.1) is 0 Å². The number of esters is 1. The quantitative estimate of drug-likeness (QED) is 0.641. The van der Waals surface area contributed by atoms with Gasteiger partial charge in [-0.3, -0.25) is 9.52 Å². The first-order chi connectivity index (χ1) is 12.8. The van der Waals surface area contributed by atoms with E-state index >= 15 is 0 Å². The smallest absolute Gasteiger partial charge is 0.340 e. The topological polar surface area (TPSA) is 134 Å². The van der Waals surface area contributed by atoms with Crippen LogP contribution in [0.25, 0.3) is 0 Å². The van der Waals surface area contributed by atoms with Crippen molar-refractivity contribution in [3.63, 3.8) is 0 Å². The van der Waals surface area contributed by atoms with E-state index in [1.165, 1.54) is 56.7 Å². The second-order valence-electron chi connectivity index (χ2n) is 5.21. The highest BCUT2D eigenvalue weighted by molar-refractivity contribution is 7.92. The van der Waals surface area contributed by atoms with Gasteiger partial charge in [0.1, 0.15) is 0 Å². The fourth-order valence-corrected chi connectivity index (χ4v) is 3.25. The number of rotatable bonds is 8. The number of anilines is 1. The minimum atomic E-state index is -4.04. The molecule has 1 amide bonds. The van der Waals surface area contributed by atoms with Gasteiger partial charge in [0.25, 0.3) is 15.9 Å². The molecule has 0 aromatic heterocycles. The second-order valence-corrected chi connectivity index (χ2v) is 6.89. The Bertz CT molecular complexity index is 958. The summed E-state index contributed by atoms with van der Waals surface area (Å²) in [6, 6.07) is 9.87. The van der Waals surface area contributed by atoms with E-state index in [0.29, 0.717) is 5.75 Å². The molecule has 2 aromatic rings. The highest BCUT2D eigenvalue weighted by Crippen LogP contribution is 2.30. The molecule has 27 heavy (non-hydrogen) atoms. The number of carbonyl (C=O) groups is 2. The Morgan fingerprint density at radius 2 is 1.70 bits per heavy atom. The molecule has 0 unspecified atom stereocenters. The summed E-state index contributed by atoms with van der Waals surface area (Å²) in [5.74, 6) is -1.12. The van der Waals surface area contributed by atoms with E-state index in [-0.39, 0.29) is 21.9 Å². The van der Waals surface area contributed by atoms with Crippen LogP contribution in [0.4, 0.5) is 5.69 Å². The van der Waals surface area contributed by atoms with Crippen molar-refractivity contribution >= 4 is 27.6 Å². The summed E-state index contributed by atoms with van der Waals surface area (Å²) < 4.78 is 42.6. The van der Waals surface area contributed by atoms with Gasteiger partial charge in [0.15, 0.2) is 18.1 Å². The molecule has 144 valence electrons. The normalized spacial score (nSPS) is 10.7. The van der Waals surface area contributed by atoms with Gasteiger partial charge in [-0.15, -0.1) is 0 Å². The van der Waals surface area contributed by atoms with Crippen LogP contribution in [-0.4, -0.2) is 41.1 Å². The van der Waals surface area contributed by atoms with Gasteiger partial charge in [-0.2, -0.15) is 0 Å². The fourth-order valence-electron chi connectivity index (χ4n) is 2.15. The van der Waals surface area contributed by atoms with Gasteiger partial charge in [-0.05, 0) is 24.3 Å². The molecule has 0 fully saturated rings. The van der Waals surface area contributed by atoms with Crippen LogP contribution in [0.1, 0.15) is 10.4 Å². The second kappa shape index (κ2) is 8.41. The van der Waals surface area contributed by atoms with E-state index in [1.54, 1.807) is 0 Å². The van der Waals surface area contributed by atoms with E-state index in [4.69, 9.17) is 19.9 Å². The Hall–Kier alpha value is -3.27. The van der Waals surface area contributed by atoms with Crippen molar-refractivity contribution < 1.29 is 32.2 Å². The lowest BCUT2D eigenvalue weighted by molar-refractivity contribution is -0.121. The monoisotopic (exact) mass is 394 g/mol. The van der Waals surface area contributed by atoms with Crippen molar-refractivity contribution in [2.75, 3.05) is 25.5 Å². The summed E-state index contributed by atoms with van der Waals surface area (Å²) in [7, 11) is -1.23. The minimum absolute atomic E-state index is 0.0123. The highest BCUT2D eigenvalue weighted by atomic mass is 32.2. The maximum absolute atomic E-state index is 12.7. The van der Waals surface area contributed by atoms with Crippen LogP contribution >= 0.6 is 0 Å². The van der Waals surface area contributed by atoms with Gasteiger partial charge in [0.05, 0.1) is 30.4 Å². The van der Waals surface area contributed by atoms with Crippen molar-refractivity contribution in [1.82, 2.24) is 0 Å². The number of hydrogen-bond donors (Lipinski definition) is 2. The third kappa shape index (κ3) is 4.88. The number of sulfonamides is 1. The summed E-state index contributed by atoms with van der Waals surface area (Å²) >= 11 is 0. The van der Waals surface area contributed by atoms with Crippen molar-refractivity contribution in [3.8, 4) is 11.5 Å². The van der Waals surface area contributed by atoms with Gasteiger partial charge in [0, 0.05) is 6.07 Å². The molecule has 3 N–H and O–H groups in total. The molecule has 2 aromatic carbocycles. The van der Waals surface area contributed by atoms with Gasteiger partial charge in [-0.25, -0.2) is 13.2 Å². The number of ether oxygens (including phenoxy) is 3. The van der Waals surface area contributed by atoms with Crippen LogP contribution in [0.3, 0.4) is 0 Å². The zero-order valence-electron chi connectivity index (χ0n) is 14.6. The Labute approximate surface area is 156 Å². The van der Waals surface area contributed by atoms with Crippen LogP contribution in [0.15, 0.2) is 47.4 Å². The average Bonchev–Trinajstić information content (AvgIpc) is 2.65. The zero-order chi connectivity index (χ0) is 20.0. The third-order valence-electron chi connectivity index (χ3n) is 3.40. The van der Waals surface area contributed by atoms with Crippen LogP contribution in [0.2, 0.25) is 0 Å². The third-order valence-corrected chi connectivity index (χ3v) is 4.77. The summed E-state index contributed by atoms with van der Waals surface area (Å²) in [4.78, 5) is 22.7. The number of methoxy groups -OCH3 is 2. The predicted molar refractivity (Wildman–Crippen MR) is 96.3 cm³/mol. The average molecular weight is 394 g/mol. The molecule has 0 radical (unpaired) electrons. The lowest BCUT2D eigenvalue weighted by Gasteiger charge is -2.13. The molecule has 0 aliphatic rings. The molecule has 9 nitrogen and oxygen atoms in total. The number of primary amides is 1. The van der Waals surface area contributed by atoms with Crippen LogP contribution in [-0.2, 0) is 19.6 Å². The molecule has 0 heterocycles. The molecule has 0 spiro atoms. The summed E-state index contributed by atoms with van der Waals surface area (Å²) in [6.45, 7) is -0.615. The molecule has 10 heteroatoms. The SMILES string of the molecule is COc1ccc(S(=O)(=O)Nc2ccccc2C(=O)OCC(N)=O)cc1OC. The van der Waals surface area contributed by atoms with Gasteiger partial charge < -0.3 is 19.9 Å². The lowest BCUT2D eigenvalue weighted by atomic mass is 10.2. The van der Waals surface area contributed by atoms with Crippen molar-refractivity contribution in [1.29, 1.82) is 0 Å². The first kappa shape index (κ1) is 20.0.